The molecule has 5 rings (SSSR count). The molecule has 0 nitrogen and oxygen atoms in total. The lowest BCUT2D eigenvalue weighted by Gasteiger charge is -1.94. The van der Waals surface area contributed by atoms with Gasteiger partial charge in [0.25, 0.3) is 0 Å². The van der Waals surface area contributed by atoms with Gasteiger partial charge in [-0.2, -0.15) is 0 Å². The van der Waals surface area contributed by atoms with Gasteiger partial charge < -0.3 is 0 Å². The Balaban J connectivity index is 1.83. The van der Waals surface area contributed by atoms with Crippen LogP contribution in [-0.4, -0.2) is 0 Å². The highest BCUT2D eigenvalue weighted by molar-refractivity contribution is 7.41. The van der Waals surface area contributed by atoms with Crippen molar-refractivity contribution in [1.29, 1.82) is 0 Å². The maximum atomic E-state index is 2.35. The second-order valence-corrected chi connectivity index (χ2v) is 8.19. The maximum absolute atomic E-state index is 2.35. The lowest BCUT2D eigenvalue weighted by Crippen LogP contribution is -1.67. The smallest absolute Gasteiger partial charge is 0.0642 e. The van der Waals surface area contributed by atoms with Crippen LogP contribution in [0.15, 0.2) is 60.7 Å². The predicted molar refractivity (Wildman–Crippen MR) is 98.0 cm³/mol. The molecule has 21 heavy (non-hydrogen) atoms. The molecule has 3 heterocycles. The van der Waals surface area contributed by atoms with Crippen molar-refractivity contribution in [2.45, 2.75) is 0 Å². The summed E-state index contributed by atoms with van der Waals surface area (Å²) in [5.74, 6) is 0. The molecule has 100 valence electrons. The molecule has 0 aliphatic carbocycles. The van der Waals surface area contributed by atoms with E-state index in [0.717, 1.165) is 0 Å². The summed E-state index contributed by atoms with van der Waals surface area (Å²) in [4.78, 5) is 1.37. The molecule has 0 aliphatic rings. The van der Waals surface area contributed by atoms with Crippen LogP contribution in [0.25, 0.3) is 39.3 Å². The third-order valence-corrected chi connectivity index (χ3v) is 7.67. The Kier molecular flexibility index (Phi) is 2.50. The Labute approximate surface area is 133 Å². The quantitative estimate of drug-likeness (QED) is 0.312. The van der Waals surface area contributed by atoms with Gasteiger partial charge in [-0.15, -0.1) is 34.0 Å². The molecule has 0 fully saturated rings. The highest BCUT2D eigenvalue weighted by Gasteiger charge is 2.14. The Hall–Kier alpha value is -1.68. The van der Waals surface area contributed by atoms with Gasteiger partial charge in [0, 0.05) is 19.7 Å². The van der Waals surface area contributed by atoms with E-state index < -0.39 is 0 Å². The Morgan fingerprint density at radius 3 is 2.24 bits per heavy atom. The van der Waals surface area contributed by atoms with E-state index in [2.05, 4.69) is 60.7 Å². The highest BCUT2D eigenvalue weighted by Crippen LogP contribution is 2.48. The summed E-state index contributed by atoms with van der Waals surface area (Å²) in [6.07, 6.45) is 0. The Morgan fingerprint density at radius 2 is 1.33 bits per heavy atom. The fraction of sp³-hybridized carbons (Fsp3) is 0. The first-order valence-electron chi connectivity index (χ1n) is 6.79. The van der Waals surface area contributed by atoms with E-state index >= 15 is 0 Å². The van der Waals surface area contributed by atoms with Crippen LogP contribution in [0.4, 0.5) is 0 Å². The number of hydrogen-bond acceptors (Lipinski definition) is 3. The molecule has 0 aliphatic heterocycles. The van der Waals surface area contributed by atoms with Crippen LogP contribution >= 0.6 is 34.0 Å². The number of fused-ring (bicyclic) bond motifs is 5. The van der Waals surface area contributed by atoms with Crippen molar-refractivity contribution in [3.05, 3.63) is 60.7 Å². The van der Waals surface area contributed by atoms with E-state index in [4.69, 9.17) is 0 Å². The molecule has 3 aromatic heterocycles. The van der Waals surface area contributed by atoms with E-state index in [9.17, 15) is 0 Å². The van der Waals surface area contributed by atoms with Crippen molar-refractivity contribution in [1.82, 2.24) is 0 Å². The average Bonchev–Trinajstić information content (AvgIpc) is 3.17. The van der Waals surface area contributed by atoms with Gasteiger partial charge >= 0.3 is 0 Å². The van der Waals surface area contributed by atoms with E-state index in [0.29, 0.717) is 0 Å². The summed E-state index contributed by atoms with van der Waals surface area (Å²) in [6, 6.07) is 21.8. The fourth-order valence-electron chi connectivity index (χ4n) is 2.74. The van der Waals surface area contributed by atoms with Gasteiger partial charge in [-0.25, -0.2) is 0 Å². The zero-order valence-electron chi connectivity index (χ0n) is 11.0. The van der Waals surface area contributed by atoms with Crippen LogP contribution in [0, 0.1) is 0 Å². The topological polar surface area (TPSA) is 0 Å². The summed E-state index contributed by atoms with van der Waals surface area (Å²) in [6.45, 7) is 0. The third kappa shape index (κ3) is 1.72. The first kappa shape index (κ1) is 11.9. The van der Waals surface area contributed by atoms with Crippen LogP contribution in [0.2, 0.25) is 0 Å². The molecule has 0 radical (unpaired) electrons. The van der Waals surface area contributed by atoms with Crippen molar-refractivity contribution < 1.29 is 0 Å². The molecular formula is C18H10S3. The summed E-state index contributed by atoms with van der Waals surface area (Å²) >= 11 is 5.78. The molecule has 0 saturated carbocycles. The average molecular weight is 322 g/mol. The third-order valence-electron chi connectivity index (χ3n) is 3.72. The highest BCUT2D eigenvalue weighted by atomic mass is 32.1. The van der Waals surface area contributed by atoms with Gasteiger partial charge in [0.2, 0.25) is 0 Å². The molecule has 0 bridgehead atoms. The molecule has 2 aromatic carbocycles. The van der Waals surface area contributed by atoms with Crippen LogP contribution in [-0.2, 0) is 0 Å². The lowest BCUT2D eigenvalue weighted by atomic mass is 10.2. The molecule has 0 saturated heterocycles. The Bertz CT molecular complexity index is 1080. The van der Waals surface area contributed by atoms with Gasteiger partial charge in [-0.1, -0.05) is 48.5 Å². The summed E-state index contributed by atoms with van der Waals surface area (Å²) in [5.41, 5.74) is 1.32. The number of benzene rings is 2. The minimum atomic E-state index is 1.32. The zero-order valence-corrected chi connectivity index (χ0v) is 13.4. The summed E-state index contributed by atoms with van der Waals surface area (Å²) in [5, 5.41) is 1.41. The van der Waals surface area contributed by atoms with Crippen LogP contribution in [0.3, 0.4) is 0 Å². The van der Waals surface area contributed by atoms with Crippen molar-refractivity contribution in [2.24, 2.45) is 0 Å². The van der Waals surface area contributed by atoms with Crippen LogP contribution < -0.4 is 0 Å². The predicted octanol–water partition coefficient (Wildman–Crippen LogP) is 7.00. The second-order valence-electron chi connectivity index (χ2n) is 5.03. The number of thiophene rings is 3. The maximum Gasteiger partial charge on any atom is 0.0642 e. The normalized spacial score (nSPS) is 11.8. The van der Waals surface area contributed by atoms with E-state index in [1.54, 1.807) is 0 Å². The lowest BCUT2D eigenvalue weighted by molar-refractivity contribution is 1.70. The van der Waals surface area contributed by atoms with Gasteiger partial charge in [0.15, 0.2) is 0 Å². The summed E-state index contributed by atoms with van der Waals surface area (Å²) in [7, 11) is 0. The monoisotopic (exact) mass is 322 g/mol. The second kappa shape index (κ2) is 4.41. The van der Waals surface area contributed by atoms with Gasteiger partial charge in [0.1, 0.15) is 0 Å². The minimum absolute atomic E-state index is 1.32. The molecule has 5 aromatic rings. The molecule has 0 amide bonds. The minimum Gasteiger partial charge on any atom is -0.133 e. The fourth-order valence-corrected chi connectivity index (χ4v) is 6.89. The standard InChI is InChI=1S/C18H10S3/c1-2-6-11(7-3-1)14-10-15-17(20-14)18-16(21-15)12-8-4-5-9-13(12)19-18/h1-10H. The molecule has 0 unspecified atom stereocenters. The Morgan fingerprint density at radius 1 is 0.571 bits per heavy atom. The molecule has 3 heteroatoms. The van der Waals surface area contributed by atoms with Crippen molar-refractivity contribution in [3.63, 3.8) is 0 Å². The molecule has 0 spiro atoms. The van der Waals surface area contributed by atoms with E-state index in [1.807, 2.05) is 34.0 Å². The van der Waals surface area contributed by atoms with Crippen molar-refractivity contribution in [2.75, 3.05) is 0 Å². The molecule has 0 N–H and O–H groups in total. The largest absolute Gasteiger partial charge is 0.133 e. The van der Waals surface area contributed by atoms with Crippen molar-refractivity contribution in [3.8, 4) is 10.4 Å². The molecule has 0 atom stereocenters. The van der Waals surface area contributed by atoms with Gasteiger partial charge in [0.05, 0.1) is 14.1 Å². The van der Waals surface area contributed by atoms with Crippen molar-refractivity contribution >= 4 is 62.9 Å². The van der Waals surface area contributed by atoms with Crippen LogP contribution in [0.1, 0.15) is 0 Å². The molecular weight excluding hydrogens is 312 g/mol. The first-order valence-corrected chi connectivity index (χ1v) is 9.24. The SMILES string of the molecule is c1ccc(-c2cc3sc4c5ccccc5sc4c3s2)cc1. The summed E-state index contributed by atoms with van der Waals surface area (Å²) < 4.78 is 7.19. The van der Waals surface area contributed by atoms with Gasteiger partial charge in [-0.3, -0.25) is 0 Å². The number of rotatable bonds is 1. The number of hydrogen-bond donors (Lipinski definition) is 0. The van der Waals surface area contributed by atoms with Crippen LogP contribution in [0.5, 0.6) is 0 Å². The van der Waals surface area contributed by atoms with Gasteiger partial charge in [-0.05, 0) is 17.7 Å². The zero-order chi connectivity index (χ0) is 13.8. The van der Waals surface area contributed by atoms with E-state index in [-0.39, 0.29) is 0 Å². The van der Waals surface area contributed by atoms with E-state index in [1.165, 1.54) is 39.3 Å². The first-order chi connectivity index (χ1) is 10.4.